The summed E-state index contributed by atoms with van der Waals surface area (Å²) in [5, 5.41) is 3.39. The molecule has 4 rings (SSSR count). The number of carbonyl (C=O) groups is 1. The van der Waals surface area contributed by atoms with E-state index in [1.807, 2.05) is 18.2 Å². The topological polar surface area (TPSA) is 81.9 Å². The number of anilines is 1. The molecule has 0 fully saturated rings. The molecule has 0 saturated carbocycles. The zero-order valence-corrected chi connectivity index (χ0v) is 17.3. The largest absolute Gasteiger partial charge is 0.439 e. The third-order valence-electron chi connectivity index (χ3n) is 4.23. The van der Waals surface area contributed by atoms with Crippen molar-refractivity contribution in [1.29, 1.82) is 0 Å². The van der Waals surface area contributed by atoms with Gasteiger partial charge in [0.05, 0.1) is 0 Å². The summed E-state index contributed by atoms with van der Waals surface area (Å²) >= 11 is 6.09. The van der Waals surface area contributed by atoms with Crippen LogP contribution in [-0.4, -0.2) is 25.4 Å². The van der Waals surface area contributed by atoms with E-state index in [-0.39, 0.29) is 5.91 Å². The summed E-state index contributed by atoms with van der Waals surface area (Å²) in [5.74, 6) is 1.98. The zero-order valence-electron chi connectivity index (χ0n) is 16.6. The van der Waals surface area contributed by atoms with Crippen LogP contribution in [0.4, 0.5) is 5.69 Å². The maximum Gasteiger partial charge on any atom is 0.248 e. The van der Waals surface area contributed by atoms with Gasteiger partial charge >= 0.3 is 0 Å². The average molecular weight is 432 g/mol. The molecular weight excluding hydrogens is 414 g/mol. The van der Waals surface area contributed by atoms with Crippen molar-refractivity contribution in [1.82, 2.24) is 19.5 Å². The fourth-order valence-corrected chi connectivity index (χ4v) is 2.99. The number of carbonyl (C=O) groups excluding carboxylic acids is 1. The van der Waals surface area contributed by atoms with Crippen molar-refractivity contribution >= 4 is 29.3 Å². The molecule has 0 unspecified atom stereocenters. The first-order valence-corrected chi connectivity index (χ1v) is 9.80. The van der Waals surface area contributed by atoms with Crippen molar-refractivity contribution in [3.8, 4) is 17.4 Å². The average Bonchev–Trinajstić information content (AvgIpc) is 3.29. The summed E-state index contributed by atoms with van der Waals surface area (Å²) in [4.78, 5) is 24.9. The highest BCUT2D eigenvalue weighted by Crippen LogP contribution is 2.23. The predicted octanol–water partition coefficient (Wildman–Crippen LogP) is 5.07. The number of imidazole rings is 1. The number of hydrogen-bond donors (Lipinski definition) is 1. The van der Waals surface area contributed by atoms with Gasteiger partial charge in [-0.2, -0.15) is 4.98 Å². The van der Waals surface area contributed by atoms with Crippen molar-refractivity contribution in [2.75, 3.05) is 5.32 Å². The van der Waals surface area contributed by atoms with E-state index >= 15 is 0 Å². The van der Waals surface area contributed by atoms with E-state index in [1.165, 1.54) is 6.08 Å². The Morgan fingerprint density at radius 1 is 1.13 bits per heavy atom. The highest BCUT2D eigenvalue weighted by molar-refractivity contribution is 6.32. The Balaban J connectivity index is 1.41. The van der Waals surface area contributed by atoms with Crippen LogP contribution in [0.25, 0.3) is 11.9 Å². The Bertz CT molecular complexity index is 1220. The smallest absolute Gasteiger partial charge is 0.248 e. The quantitative estimate of drug-likeness (QED) is 0.431. The maximum absolute atomic E-state index is 12.2. The van der Waals surface area contributed by atoms with Gasteiger partial charge in [-0.15, -0.1) is 0 Å². The molecule has 8 heteroatoms. The summed E-state index contributed by atoms with van der Waals surface area (Å²) in [5.41, 5.74) is 1.41. The number of amides is 1. The number of benzene rings is 2. The van der Waals surface area contributed by atoms with Gasteiger partial charge in [0.2, 0.25) is 11.8 Å². The van der Waals surface area contributed by atoms with Crippen molar-refractivity contribution in [3.05, 3.63) is 95.8 Å². The van der Waals surface area contributed by atoms with Crippen LogP contribution in [-0.2, 0) is 4.79 Å². The molecule has 0 aliphatic carbocycles. The van der Waals surface area contributed by atoms with Crippen LogP contribution in [0.1, 0.15) is 11.4 Å². The van der Waals surface area contributed by atoms with Crippen molar-refractivity contribution < 1.29 is 9.53 Å². The van der Waals surface area contributed by atoms with E-state index in [2.05, 4.69) is 20.3 Å². The van der Waals surface area contributed by atoms with Crippen molar-refractivity contribution in [3.63, 3.8) is 0 Å². The molecule has 1 N–H and O–H groups in total. The van der Waals surface area contributed by atoms with Gasteiger partial charge in [-0.1, -0.05) is 29.8 Å². The summed E-state index contributed by atoms with van der Waals surface area (Å²) in [6, 6.07) is 16.0. The van der Waals surface area contributed by atoms with Gasteiger partial charge in [0.25, 0.3) is 0 Å². The van der Waals surface area contributed by atoms with Gasteiger partial charge in [0.15, 0.2) is 0 Å². The minimum Gasteiger partial charge on any atom is -0.439 e. The van der Waals surface area contributed by atoms with Crippen LogP contribution >= 0.6 is 11.6 Å². The second-order valence-electron chi connectivity index (χ2n) is 6.55. The van der Waals surface area contributed by atoms with Crippen LogP contribution in [0.2, 0.25) is 5.02 Å². The molecule has 0 radical (unpaired) electrons. The van der Waals surface area contributed by atoms with Gasteiger partial charge in [-0.25, -0.2) is 9.97 Å². The number of nitrogens with zero attached hydrogens (tertiary/aromatic N) is 4. The van der Waals surface area contributed by atoms with E-state index in [9.17, 15) is 4.79 Å². The van der Waals surface area contributed by atoms with Crippen molar-refractivity contribution in [2.24, 2.45) is 0 Å². The molecule has 7 nitrogen and oxygen atoms in total. The summed E-state index contributed by atoms with van der Waals surface area (Å²) in [6.07, 6.45) is 8.23. The lowest BCUT2D eigenvalue weighted by Gasteiger charge is -2.09. The minimum absolute atomic E-state index is 0.259. The Morgan fingerprint density at radius 2 is 1.94 bits per heavy atom. The van der Waals surface area contributed by atoms with E-state index < -0.39 is 0 Å². The standard InChI is InChI=1S/C23H18ClN5O2/c1-16-26-21(29-13-12-25-15-29)14-23(27-16)31-19-9-7-18(8-10-19)28-22(30)11-6-17-4-2-3-5-20(17)24/h2-15H,1H3,(H,28,30)/b11-6+. The molecule has 2 aromatic carbocycles. The van der Waals surface area contributed by atoms with Gasteiger partial charge < -0.3 is 10.1 Å². The van der Waals surface area contributed by atoms with Gasteiger partial charge in [0.1, 0.15) is 23.7 Å². The monoisotopic (exact) mass is 431 g/mol. The molecule has 2 heterocycles. The Labute approximate surface area is 184 Å². The lowest BCUT2D eigenvalue weighted by atomic mass is 10.2. The number of rotatable bonds is 6. The number of aromatic nitrogens is 4. The molecule has 0 atom stereocenters. The first-order valence-electron chi connectivity index (χ1n) is 9.42. The Morgan fingerprint density at radius 3 is 2.68 bits per heavy atom. The van der Waals surface area contributed by atoms with E-state index in [4.69, 9.17) is 16.3 Å². The molecule has 0 bridgehead atoms. The molecule has 4 aromatic rings. The van der Waals surface area contributed by atoms with Gasteiger partial charge in [-0.05, 0) is 48.9 Å². The molecule has 1 amide bonds. The molecule has 0 spiro atoms. The fraction of sp³-hybridized carbons (Fsp3) is 0.0435. The fourth-order valence-electron chi connectivity index (χ4n) is 2.79. The second kappa shape index (κ2) is 9.23. The summed E-state index contributed by atoms with van der Waals surface area (Å²) in [6.45, 7) is 1.79. The van der Waals surface area contributed by atoms with Crippen LogP contribution in [0.15, 0.2) is 79.4 Å². The Hall–Kier alpha value is -3.97. The third-order valence-corrected chi connectivity index (χ3v) is 4.58. The predicted molar refractivity (Wildman–Crippen MR) is 120 cm³/mol. The lowest BCUT2D eigenvalue weighted by molar-refractivity contribution is -0.111. The molecule has 0 saturated heterocycles. The number of aryl methyl sites for hydroxylation is 1. The number of halogens is 1. The number of nitrogens with one attached hydrogen (secondary N) is 1. The van der Waals surface area contributed by atoms with Gasteiger partial charge in [-0.3, -0.25) is 9.36 Å². The van der Waals surface area contributed by atoms with Gasteiger partial charge in [0, 0.05) is 35.2 Å². The SMILES string of the molecule is Cc1nc(Oc2ccc(NC(=O)/C=C/c3ccccc3Cl)cc2)cc(-n2ccnc2)n1. The Kier molecular flexibility index (Phi) is 6.05. The van der Waals surface area contributed by atoms with E-state index in [0.717, 1.165) is 5.56 Å². The lowest BCUT2D eigenvalue weighted by Crippen LogP contribution is -2.07. The minimum atomic E-state index is -0.259. The van der Waals surface area contributed by atoms with E-state index in [1.54, 1.807) is 72.7 Å². The number of ether oxygens (including phenoxy) is 1. The zero-order chi connectivity index (χ0) is 21.6. The first kappa shape index (κ1) is 20.3. The summed E-state index contributed by atoms with van der Waals surface area (Å²) in [7, 11) is 0. The highest BCUT2D eigenvalue weighted by atomic mass is 35.5. The molecule has 2 aromatic heterocycles. The van der Waals surface area contributed by atoms with Crippen LogP contribution in [0.5, 0.6) is 11.6 Å². The molecule has 0 aliphatic heterocycles. The summed E-state index contributed by atoms with van der Waals surface area (Å²) < 4.78 is 7.62. The van der Waals surface area contributed by atoms with Crippen molar-refractivity contribution in [2.45, 2.75) is 6.92 Å². The molecule has 31 heavy (non-hydrogen) atoms. The molecule has 0 aliphatic rings. The third kappa shape index (κ3) is 5.34. The molecule has 154 valence electrons. The number of hydrogen-bond acceptors (Lipinski definition) is 5. The normalized spacial score (nSPS) is 10.9. The second-order valence-corrected chi connectivity index (χ2v) is 6.96. The first-order chi connectivity index (χ1) is 15.1. The van der Waals surface area contributed by atoms with Crippen LogP contribution in [0.3, 0.4) is 0 Å². The molecular formula is C23H18ClN5O2. The maximum atomic E-state index is 12.2. The highest BCUT2D eigenvalue weighted by Gasteiger charge is 2.07. The van der Waals surface area contributed by atoms with Crippen LogP contribution in [0, 0.1) is 6.92 Å². The van der Waals surface area contributed by atoms with E-state index in [0.29, 0.717) is 34.0 Å². The van der Waals surface area contributed by atoms with Crippen LogP contribution < -0.4 is 10.1 Å².